The van der Waals surface area contributed by atoms with Crippen LogP contribution in [0.3, 0.4) is 0 Å². The Morgan fingerprint density at radius 1 is 0.548 bits per heavy atom. The van der Waals surface area contributed by atoms with Crippen molar-refractivity contribution in [1.29, 1.82) is 0 Å². The fourth-order valence-electron chi connectivity index (χ4n) is 4.72. The molecular weight excluding hydrogens is 384 g/mol. The largest absolute Gasteiger partial charge is 0.508 e. The SMILES string of the molecule is Cc1cc(CCC(C)(c2cc(C)c(O)cc2C)c2cc(C)c(O)cc2C)c(C)cc1O. The van der Waals surface area contributed by atoms with E-state index in [-0.39, 0.29) is 5.41 Å². The lowest BCUT2D eigenvalue weighted by Crippen LogP contribution is -2.27. The molecule has 0 saturated heterocycles. The molecule has 0 fully saturated rings. The van der Waals surface area contributed by atoms with Crippen LogP contribution >= 0.6 is 0 Å². The Morgan fingerprint density at radius 2 is 0.935 bits per heavy atom. The quantitative estimate of drug-likeness (QED) is 0.438. The summed E-state index contributed by atoms with van der Waals surface area (Å²) in [5.41, 5.74) is 9.06. The highest BCUT2D eigenvalue weighted by atomic mass is 16.3. The molecule has 0 heterocycles. The summed E-state index contributed by atoms with van der Waals surface area (Å²) in [4.78, 5) is 0. The van der Waals surface area contributed by atoms with E-state index in [0.29, 0.717) is 17.2 Å². The van der Waals surface area contributed by atoms with E-state index in [2.05, 4.69) is 25.1 Å². The zero-order chi connectivity index (χ0) is 23.1. The molecule has 31 heavy (non-hydrogen) atoms. The summed E-state index contributed by atoms with van der Waals surface area (Å²) < 4.78 is 0. The van der Waals surface area contributed by atoms with Crippen molar-refractivity contribution in [3.63, 3.8) is 0 Å². The fraction of sp³-hybridized carbons (Fsp3) is 0.357. The van der Waals surface area contributed by atoms with Gasteiger partial charge in [-0.1, -0.05) is 25.1 Å². The van der Waals surface area contributed by atoms with E-state index in [1.165, 1.54) is 16.7 Å². The van der Waals surface area contributed by atoms with Gasteiger partial charge in [0.25, 0.3) is 0 Å². The lowest BCUT2D eigenvalue weighted by Gasteiger charge is -2.35. The zero-order valence-corrected chi connectivity index (χ0v) is 19.7. The van der Waals surface area contributed by atoms with E-state index in [1.54, 1.807) is 0 Å². The van der Waals surface area contributed by atoms with Gasteiger partial charge in [-0.2, -0.15) is 0 Å². The lowest BCUT2D eigenvalue weighted by atomic mass is 9.69. The molecule has 3 rings (SSSR count). The van der Waals surface area contributed by atoms with Crippen LogP contribution in [0, 0.1) is 41.5 Å². The number of phenols is 3. The molecule has 3 heteroatoms. The van der Waals surface area contributed by atoms with Crippen molar-refractivity contribution in [2.45, 2.75) is 66.7 Å². The van der Waals surface area contributed by atoms with Gasteiger partial charge in [0.1, 0.15) is 17.2 Å². The van der Waals surface area contributed by atoms with Crippen LogP contribution in [0.4, 0.5) is 0 Å². The summed E-state index contributed by atoms with van der Waals surface area (Å²) in [7, 11) is 0. The number of aromatic hydroxyl groups is 3. The van der Waals surface area contributed by atoms with Gasteiger partial charge in [0.2, 0.25) is 0 Å². The second-order valence-electron chi connectivity index (χ2n) is 9.30. The van der Waals surface area contributed by atoms with E-state index in [9.17, 15) is 15.3 Å². The van der Waals surface area contributed by atoms with Crippen molar-refractivity contribution < 1.29 is 15.3 Å². The average Bonchev–Trinajstić information content (AvgIpc) is 2.69. The minimum absolute atomic E-state index is 0.312. The molecule has 0 aliphatic carbocycles. The molecule has 3 nitrogen and oxygen atoms in total. The van der Waals surface area contributed by atoms with Gasteiger partial charge in [0, 0.05) is 5.41 Å². The summed E-state index contributed by atoms with van der Waals surface area (Å²) in [6.07, 6.45) is 1.70. The molecule has 0 radical (unpaired) electrons. The van der Waals surface area contributed by atoms with Gasteiger partial charge in [-0.25, -0.2) is 0 Å². The number of aryl methyl sites for hydroxylation is 7. The lowest BCUT2D eigenvalue weighted by molar-refractivity contribution is 0.463. The first kappa shape index (κ1) is 22.7. The third-order valence-electron chi connectivity index (χ3n) is 6.82. The molecule has 0 bridgehead atoms. The first-order valence-electron chi connectivity index (χ1n) is 10.8. The predicted molar refractivity (Wildman–Crippen MR) is 128 cm³/mol. The van der Waals surface area contributed by atoms with E-state index in [0.717, 1.165) is 46.2 Å². The summed E-state index contributed by atoms with van der Waals surface area (Å²) in [5, 5.41) is 30.5. The molecule has 3 N–H and O–H groups in total. The van der Waals surface area contributed by atoms with Crippen molar-refractivity contribution in [3.8, 4) is 17.2 Å². The Labute approximate surface area is 186 Å². The Hall–Kier alpha value is -2.94. The zero-order valence-electron chi connectivity index (χ0n) is 19.7. The Bertz CT molecular complexity index is 1080. The molecule has 0 aliphatic rings. The second kappa shape index (κ2) is 8.30. The molecule has 164 valence electrons. The van der Waals surface area contributed by atoms with Gasteiger partial charge in [-0.3, -0.25) is 0 Å². The van der Waals surface area contributed by atoms with Crippen molar-refractivity contribution in [3.05, 3.63) is 86.5 Å². The maximum Gasteiger partial charge on any atom is 0.118 e. The summed E-state index contributed by atoms with van der Waals surface area (Å²) in [5.74, 6) is 0.957. The smallest absolute Gasteiger partial charge is 0.118 e. The molecule has 3 aromatic rings. The van der Waals surface area contributed by atoms with E-state index < -0.39 is 0 Å². The summed E-state index contributed by atoms with van der Waals surface area (Å²) in [6, 6.07) is 11.8. The predicted octanol–water partition coefficient (Wildman–Crippen LogP) is 6.59. The topological polar surface area (TPSA) is 60.7 Å². The Morgan fingerprint density at radius 3 is 1.39 bits per heavy atom. The number of rotatable bonds is 5. The Balaban J connectivity index is 2.17. The number of benzene rings is 3. The van der Waals surface area contributed by atoms with Crippen LogP contribution in [0.2, 0.25) is 0 Å². The fourth-order valence-corrected chi connectivity index (χ4v) is 4.72. The van der Waals surface area contributed by atoms with Gasteiger partial charge < -0.3 is 15.3 Å². The van der Waals surface area contributed by atoms with E-state index in [1.807, 2.05) is 59.7 Å². The summed E-state index contributed by atoms with van der Waals surface area (Å²) in [6.45, 7) is 14.2. The highest BCUT2D eigenvalue weighted by molar-refractivity contribution is 5.53. The highest BCUT2D eigenvalue weighted by Crippen LogP contribution is 2.43. The van der Waals surface area contributed by atoms with Crippen LogP contribution in [-0.4, -0.2) is 15.3 Å². The van der Waals surface area contributed by atoms with Gasteiger partial charge in [-0.05, 0) is 123 Å². The Kier molecular flexibility index (Phi) is 6.09. The van der Waals surface area contributed by atoms with Crippen molar-refractivity contribution in [1.82, 2.24) is 0 Å². The van der Waals surface area contributed by atoms with Crippen molar-refractivity contribution in [2.75, 3.05) is 0 Å². The molecule has 0 amide bonds. The standard InChI is InChI=1S/C28H34O3/c1-16-13-25(29)19(4)10-22(16)8-9-28(7,23-11-20(5)26(30)14-17(23)2)24-12-21(6)27(31)15-18(24)3/h10-15,29-31H,8-9H2,1-7H3. The summed E-state index contributed by atoms with van der Waals surface area (Å²) >= 11 is 0. The maximum atomic E-state index is 10.2. The van der Waals surface area contributed by atoms with Crippen LogP contribution in [0.5, 0.6) is 17.2 Å². The first-order chi connectivity index (χ1) is 14.4. The minimum atomic E-state index is -0.316. The molecule has 0 saturated carbocycles. The van der Waals surface area contributed by atoms with Crippen molar-refractivity contribution >= 4 is 0 Å². The number of hydrogen-bond donors (Lipinski definition) is 3. The second-order valence-corrected chi connectivity index (χ2v) is 9.30. The number of phenolic OH excluding ortho intramolecular Hbond substituents is 3. The van der Waals surface area contributed by atoms with Gasteiger partial charge in [-0.15, -0.1) is 0 Å². The first-order valence-corrected chi connectivity index (χ1v) is 10.8. The molecule has 0 atom stereocenters. The van der Waals surface area contributed by atoms with Crippen LogP contribution in [-0.2, 0) is 11.8 Å². The van der Waals surface area contributed by atoms with Crippen molar-refractivity contribution in [2.24, 2.45) is 0 Å². The average molecular weight is 419 g/mol. The van der Waals surface area contributed by atoms with Crippen LogP contribution in [0.15, 0.2) is 36.4 Å². The van der Waals surface area contributed by atoms with E-state index >= 15 is 0 Å². The normalized spacial score (nSPS) is 11.7. The van der Waals surface area contributed by atoms with Gasteiger partial charge >= 0.3 is 0 Å². The monoisotopic (exact) mass is 418 g/mol. The molecule has 0 unspecified atom stereocenters. The van der Waals surface area contributed by atoms with Crippen LogP contribution in [0.1, 0.15) is 63.4 Å². The van der Waals surface area contributed by atoms with Gasteiger partial charge in [0.15, 0.2) is 0 Å². The van der Waals surface area contributed by atoms with Crippen LogP contribution in [0.25, 0.3) is 0 Å². The molecule has 0 aromatic heterocycles. The van der Waals surface area contributed by atoms with Gasteiger partial charge in [0.05, 0.1) is 0 Å². The molecular formula is C28H34O3. The third kappa shape index (κ3) is 4.27. The molecule has 0 aliphatic heterocycles. The maximum absolute atomic E-state index is 10.2. The number of hydrogen-bond acceptors (Lipinski definition) is 3. The molecule has 3 aromatic carbocycles. The third-order valence-corrected chi connectivity index (χ3v) is 6.82. The van der Waals surface area contributed by atoms with E-state index in [4.69, 9.17) is 0 Å². The highest BCUT2D eigenvalue weighted by Gasteiger charge is 2.33. The van der Waals surface area contributed by atoms with Crippen LogP contribution < -0.4 is 0 Å². The minimum Gasteiger partial charge on any atom is -0.508 e. The molecule has 0 spiro atoms.